The van der Waals surface area contributed by atoms with Crippen LogP contribution in [0.4, 0.5) is 0 Å². The molecule has 0 aliphatic rings. The summed E-state index contributed by atoms with van der Waals surface area (Å²) in [5.74, 6) is 0.569. The number of hydrogen-bond acceptors (Lipinski definition) is 5. The second-order valence-electron chi connectivity index (χ2n) is 6.84. The maximum atomic E-state index is 12.1. The van der Waals surface area contributed by atoms with E-state index in [0.29, 0.717) is 30.5 Å². The molecule has 3 rings (SSSR count). The van der Waals surface area contributed by atoms with Gasteiger partial charge in [0, 0.05) is 32.4 Å². The van der Waals surface area contributed by atoms with Crippen LogP contribution < -0.4 is 16.0 Å². The molecule has 2 aromatic heterocycles. The Morgan fingerprint density at radius 1 is 1.13 bits per heavy atom. The van der Waals surface area contributed by atoms with Gasteiger partial charge in [-0.05, 0) is 38.5 Å². The predicted molar refractivity (Wildman–Crippen MR) is 136 cm³/mol. The van der Waals surface area contributed by atoms with Gasteiger partial charge in [-0.3, -0.25) is 9.79 Å². The first-order valence-electron chi connectivity index (χ1n) is 9.74. The van der Waals surface area contributed by atoms with Gasteiger partial charge in [0.1, 0.15) is 4.88 Å². The number of halogens is 1. The van der Waals surface area contributed by atoms with Gasteiger partial charge in [0.05, 0.1) is 22.6 Å². The summed E-state index contributed by atoms with van der Waals surface area (Å²) in [7, 11) is 1.72. The third-order valence-electron chi connectivity index (χ3n) is 4.55. The molecule has 0 radical (unpaired) electrons. The molecule has 0 atom stereocenters. The van der Waals surface area contributed by atoms with Crippen molar-refractivity contribution in [1.82, 2.24) is 30.7 Å². The van der Waals surface area contributed by atoms with Crippen molar-refractivity contribution in [3.8, 4) is 5.69 Å². The van der Waals surface area contributed by atoms with Gasteiger partial charge < -0.3 is 16.0 Å². The van der Waals surface area contributed by atoms with Gasteiger partial charge in [0.25, 0.3) is 5.91 Å². The SMILES string of the molecule is CN=C(NCCNC(=O)c1scnc1C)NCc1ccccc1-n1nc(C)cc1C.I. The number of aromatic nitrogens is 3. The molecule has 0 aliphatic carbocycles. The lowest BCUT2D eigenvalue weighted by molar-refractivity contribution is 0.0957. The molecule has 0 bridgehead atoms. The molecule has 0 saturated heterocycles. The number of hydrogen-bond donors (Lipinski definition) is 3. The zero-order valence-corrected chi connectivity index (χ0v) is 21.2. The number of nitrogens with one attached hydrogen (secondary N) is 3. The Hall–Kier alpha value is -2.47. The molecule has 8 nitrogen and oxygen atoms in total. The normalized spacial score (nSPS) is 11.0. The average molecular weight is 553 g/mol. The van der Waals surface area contributed by atoms with E-state index in [1.54, 1.807) is 12.6 Å². The molecule has 1 aromatic carbocycles. The lowest BCUT2D eigenvalue weighted by atomic mass is 10.1. The lowest BCUT2D eigenvalue weighted by Gasteiger charge is -2.15. The summed E-state index contributed by atoms with van der Waals surface area (Å²) in [5, 5.41) is 14.0. The summed E-state index contributed by atoms with van der Waals surface area (Å²) in [6.07, 6.45) is 0. The smallest absolute Gasteiger partial charge is 0.263 e. The number of amides is 1. The van der Waals surface area contributed by atoms with Crippen molar-refractivity contribution in [2.24, 2.45) is 4.99 Å². The van der Waals surface area contributed by atoms with Gasteiger partial charge in [0.15, 0.2) is 5.96 Å². The first-order chi connectivity index (χ1) is 14.5. The average Bonchev–Trinajstić information content (AvgIpc) is 3.31. The van der Waals surface area contributed by atoms with Crippen LogP contribution in [-0.2, 0) is 6.54 Å². The first-order valence-corrected chi connectivity index (χ1v) is 10.6. The van der Waals surface area contributed by atoms with Crippen LogP contribution in [0, 0.1) is 20.8 Å². The summed E-state index contributed by atoms with van der Waals surface area (Å²) in [5.41, 5.74) is 6.67. The molecular weight excluding hydrogens is 525 g/mol. The van der Waals surface area contributed by atoms with E-state index in [9.17, 15) is 4.79 Å². The Kier molecular flexibility index (Phi) is 9.44. The van der Waals surface area contributed by atoms with Crippen LogP contribution >= 0.6 is 35.3 Å². The molecule has 1 amide bonds. The minimum absolute atomic E-state index is 0. The van der Waals surface area contributed by atoms with Crippen LogP contribution in [0.5, 0.6) is 0 Å². The molecule has 0 aliphatic heterocycles. The van der Waals surface area contributed by atoms with Crippen LogP contribution in [-0.4, -0.2) is 46.8 Å². The van der Waals surface area contributed by atoms with Crippen molar-refractivity contribution < 1.29 is 4.79 Å². The van der Waals surface area contributed by atoms with E-state index in [4.69, 9.17) is 0 Å². The fourth-order valence-electron chi connectivity index (χ4n) is 3.10. The fourth-order valence-corrected chi connectivity index (χ4v) is 3.82. The third kappa shape index (κ3) is 6.50. The second-order valence-corrected chi connectivity index (χ2v) is 7.70. The Balaban J connectivity index is 0.00000341. The zero-order chi connectivity index (χ0) is 21.5. The standard InChI is InChI=1S/C21H27N7OS.HI/c1-14-11-15(2)28(27-14)18-8-6-5-7-17(18)12-25-21(22-4)24-10-9-23-20(29)19-16(3)26-13-30-19;/h5-8,11,13H,9-10,12H2,1-4H3,(H,23,29)(H2,22,24,25);1H. The maximum Gasteiger partial charge on any atom is 0.263 e. The topological polar surface area (TPSA) is 96.2 Å². The molecule has 166 valence electrons. The summed E-state index contributed by atoms with van der Waals surface area (Å²) in [6.45, 7) is 7.51. The van der Waals surface area contributed by atoms with Crippen molar-refractivity contribution in [3.63, 3.8) is 0 Å². The molecule has 3 aromatic rings. The number of guanidine groups is 1. The molecule has 2 heterocycles. The molecule has 0 unspecified atom stereocenters. The van der Waals surface area contributed by atoms with Gasteiger partial charge in [-0.15, -0.1) is 35.3 Å². The van der Waals surface area contributed by atoms with Crippen LogP contribution in [0.2, 0.25) is 0 Å². The van der Waals surface area contributed by atoms with E-state index in [0.717, 1.165) is 28.3 Å². The highest BCUT2D eigenvalue weighted by Gasteiger charge is 2.11. The summed E-state index contributed by atoms with van der Waals surface area (Å²) in [6, 6.07) is 10.2. The number of benzene rings is 1. The molecule has 10 heteroatoms. The minimum atomic E-state index is -0.0986. The Morgan fingerprint density at radius 2 is 1.87 bits per heavy atom. The summed E-state index contributed by atoms with van der Waals surface area (Å²) < 4.78 is 1.96. The Labute approximate surface area is 203 Å². The largest absolute Gasteiger partial charge is 0.355 e. The Morgan fingerprint density at radius 3 is 2.52 bits per heavy atom. The third-order valence-corrected chi connectivity index (χ3v) is 5.48. The van der Waals surface area contributed by atoms with E-state index < -0.39 is 0 Å². The predicted octanol–water partition coefficient (Wildman–Crippen LogP) is 2.97. The highest BCUT2D eigenvalue weighted by Crippen LogP contribution is 2.17. The molecule has 0 saturated carbocycles. The monoisotopic (exact) mass is 553 g/mol. The van der Waals surface area contributed by atoms with E-state index >= 15 is 0 Å². The van der Waals surface area contributed by atoms with Crippen molar-refractivity contribution in [2.75, 3.05) is 20.1 Å². The van der Waals surface area contributed by atoms with Crippen LogP contribution in [0.25, 0.3) is 5.69 Å². The highest BCUT2D eigenvalue weighted by atomic mass is 127. The molecule has 31 heavy (non-hydrogen) atoms. The van der Waals surface area contributed by atoms with Crippen molar-refractivity contribution in [2.45, 2.75) is 27.3 Å². The van der Waals surface area contributed by atoms with E-state index in [1.807, 2.05) is 37.6 Å². The van der Waals surface area contributed by atoms with E-state index in [-0.39, 0.29) is 29.9 Å². The number of carbonyl (C=O) groups excluding carboxylic acids is 1. The van der Waals surface area contributed by atoms with Gasteiger partial charge in [-0.1, -0.05) is 18.2 Å². The first kappa shape index (κ1) is 24.8. The van der Waals surface area contributed by atoms with Crippen LogP contribution in [0.1, 0.15) is 32.3 Å². The van der Waals surface area contributed by atoms with Crippen molar-refractivity contribution >= 4 is 47.2 Å². The number of aryl methyl sites for hydroxylation is 3. The fraction of sp³-hybridized carbons (Fsp3) is 0.333. The number of para-hydroxylation sites is 1. The van der Waals surface area contributed by atoms with Gasteiger partial charge in [-0.25, -0.2) is 9.67 Å². The molecule has 3 N–H and O–H groups in total. The maximum absolute atomic E-state index is 12.1. The number of rotatable bonds is 7. The molecular formula is C21H28IN7OS. The van der Waals surface area contributed by atoms with Crippen LogP contribution in [0.3, 0.4) is 0 Å². The summed E-state index contributed by atoms with van der Waals surface area (Å²) >= 11 is 1.35. The lowest BCUT2D eigenvalue weighted by Crippen LogP contribution is -2.41. The van der Waals surface area contributed by atoms with Crippen molar-refractivity contribution in [3.05, 3.63) is 63.4 Å². The van der Waals surface area contributed by atoms with E-state index in [2.05, 4.69) is 49.2 Å². The number of nitrogens with zero attached hydrogens (tertiary/aromatic N) is 4. The summed E-state index contributed by atoms with van der Waals surface area (Å²) in [4.78, 5) is 21.1. The van der Waals surface area contributed by atoms with E-state index in [1.165, 1.54) is 11.3 Å². The minimum Gasteiger partial charge on any atom is -0.355 e. The van der Waals surface area contributed by atoms with Gasteiger partial charge in [0.2, 0.25) is 0 Å². The zero-order valence-electron chi connectivity index (χ0n) is 18.1. The highest BCUT2D eigenvalue weighted by molar-refractivity contribution is 14.0. The van der Waals surface area contributed by atoms with Crippen LogP contribution in [0.15, 0.2) is 40.8 Å². The second kappa shape index (κ2) is 11.8. The molecule has 0 fully saturated rings. The Bertz CT molecular complexity index is 1040. The molecule has 0 spiro atoms. The van der Waals surface area contributed by atoms with Gasteiger partial charge >= 0.3 is 0 Å². The number of thiazole rings is 1. The number of carbonyl (C=O) groups is 1. The van der Waals surface area contributed by atoms with Gasteiger partial charge in [-0.2, -0.15) is 5.10 Å². The quantitative estimate of drug-likeness (QED) is 0.181. The van der Waals surface area contributed by atoms with Crippen molar-refractivity contribution in [1.29, 1.82) is 0 Å². The number of aliphatic imine (C=N–C) groups is 1.